The SMILES string of the molecule is CCCCCCCCC(CC/C=C\CCBr)OCOCOC(CC/C=C\CCBr)CCCCCCCC. The molecular weight excluding hydrogens is 592 g/mol. The van der Waals surface area contributed by atoms with E-state index >= 15 is 0 Å². The Hall–Kier alpha value is 0.320. The lowest BCUT2D eigenvalue weighted by Crippen LogP contribution is -2.19. The summed E-state index contributed by atoms with van der Waals surface area (Å²) in [4.78, 5) is 0. The first-order chi connectivity index (χ1) is 18.3. The predicted octanol–water partition coefficient (Wildman–Crippen LogP) is 11.4. The van der Waals surface area contributed by atoms with Crippen LogP contribution in [0.15, 0.2) is 24.3 Å². The van der Waals surface area contributed by atoms with Crippen LogP contribution >= 0.6 is 31.9 Å². The monoisotopic (exact) mass is 650 g/mol. The van der Waals surface area contributed by atoms with Crippen LogP contribution in [0.25, 0.3) is 0 Å². The maximum absolute atomic E-state index is 6.16. The summed E-state index contributed by atoms with van der Waals surface area (Å²) in [6, 6.07) is 0. The standard InChI is InChI=1S/C32H60Br2O3/c1-3-5-7-9-11-17-23-31(25-19-13-15-21-27-33)36-29-35-30-37-32(26-20-14-16-22-28-34)24-18-12-10-8-6-4-2/h13-16,31-32H,3-12,17-30H2,1-2H3/b15-13-,16-14-. The Balaban J connectivity index is 4.33. The summed E-state index contributed by atoms with van der Waals surface area (Å²) in [6.45, 7) is 5.22. The Morgan fingerprint density at radius 2 is 0.865 bits per heavy atom. The minimum Gasteiger partial charge on any atom is -0.352 e. The summed E-state index contributed by atoms with van der Waals surface area (Å²) in [5, 5.41) is 2.06. The van der Waals surface area contributed by atoms with Crippen LogP contribution in [-0.2, 0) is 14.2 Å². The molecule has 0 aliphatic rings. The van der Waals surface area contributed by atoms with Crippen LogP contribution < -0.4 is 0 Å². The first-order valence-electron chi connectivity index (χ1n) is 15.5. The van der Waals surface area contributed by atoms with E-state index in [1.165, 1.54) is 77.0 Å². The van der Waals surface area contributed by atoms with Gasteiger partial charge in [-0.25, -0.2) is 0 Å². The summed E-state index contributed by atoms with van der Waals surface area (Å²) < 4.78 is 18.1. The van der Waals surface area contributed by atoms with E-state index in [0.29, 0.717) is 13.6 Å². The Morgan fingerprint density at radius 1 is 0.486 bits per heavy atom. The lowest BCUT2D eigenvalue weighted by molar-refractivity contribution is -0.167. The number of alkyl halides is 2. The van der Waals surface area contributed by atoms with Gasteiger partial charge in [0.15, 0.2) is 0 Å². The summed E-state index contributed by atoms with van der Waals surface area (Å²) >= 11 is 6.98. The quantitative estimate of drug-likeness (QED) is 0.0335. The Labute approximate surface area is 248 Å². The van der Waals surface area contributed by atoms with Gasteiger partial charge < -0.3 is 14.2 Å². The fourth-order valence-electron chi connectivity index (χ4n) is 4.41. The lowest BCUT2D eigenvalue weighted by atomic mass is 10.0. The highest BCUT2D eigenvalue weighted by molar-refractivity contribution is 9.09. The molecule has 220 valence electrons. The minimum atomic E-state index is 0.276. The average Bonchev–Trinajstić information content (AvgIpc) is 2.91. The smallest absolute Gasteiger partial charge is 0.149 e. The van der Waals surface area contributed by atoms with E-state index in [0.717, 1.165) is 62.0 Å². The number of allylic oxidation sites excluding steroid dienone is 4. The van der Waals surface area contributed by atoms with Gasteiger partial charge in [-0.15, -0.1) is 0 Å². The highest BCUT2D eigenvalue weighted by Crippen LogP contribution is 2.17. The summed E-state index contributed by atoms with van der Waals surface area (Å²) in [5.74, 6) is 0. The third-order valence-electron chi connectivity index (χ3n) is 6.73. The van der Waals surface area contributed by atoms with Crippen molar-refractivity contribution in [3.8, 4) is 0 Å². The molecule has 0 heterocycles. The van der Waals surface area contributed by atoms with Crippen molar-refractivity contribution in [2.45, 2.75) is 154 Å². The van der Waals surface area contributed by atoms with Crippen LogP contribution in [0, 0.1) is 0 Å². The van der Waals surface area contributed by atoms with E-state index in [2.05, 4.69) is 70.0 Å². The van der Waals surface area contributed by atoms with Crippen LogP contribution in [0.3, 0.4) is 0 Å². The number of rotatable bonds is 30. The van der Waals surface area contributed by atoms with Gasteiger partial charge in [0.25, 0.3) is 0 Å². The van der Waals surface area contributed by atoms with Crippen molar-refractivity contribution in [3.63, 3.8) is 0 Å². The molecule has 0 bridgehead atoms. The molecule has 0 saturated heterocycles. The molecule has 0 radical (unpaired) electrons. The summed E-state index contributed by atoms with van der Waals surface area (Å²) in [6.07, 6.45) is 34.3. The van der Waals surface area contributed by atoms with Crippen molar-refractivity contribution in [2.24, 2.45) is 0 Å². The van der Waals surface area contributed by atoms with Crippen molar-refractivity contribution < 1.29 is 14.2 Å². The highest BCUT2D eigenvalue weighted by atomic mass is 79.9. The molecule has 5 heteroatoms. The second-order valence-electron chi connectivity index (χ2n) is 10.2. The Bertz CT molecular complexity index is 443. The van der Waals surface area contributed by atoms with Crippen molar-refractivity contribution in [1.82, 2.24) is 0 Å². The molecule has 0 aliphatic heterocycles. The molecule has 2 atom stereocenters. The molecule has 0 aromatic carbocycles. The van der Waals surface area contributed by atoms with E-state index in [9.17, 15) is 0 Å². The molecule has 0 aromatic heterocycles. The Kier molecular flexibility index (Phi) is 32.8. The fourth-order valence-corrected chi connectivity index (χ4v) is 4.94. The first kappa shape index (κ1) is 37.3. The van der Waals surface area contributed by atoms with Crippen LogP contribution in [0.5, 0.6) is 0 Å². The van der Waals surface area contributed by atoms with Crippen molar-refractivity contribution >= 4 is 31.9 Å². The maximum atomic E-state index is 6.16. The summed E-state index contributed by atoms with van der Waals surface area (Å²) in [7, 11) is 0. The number of hydrogen-bond donors (Lipinski definition) is 0. The summed E-state index contributed by atoms with van der Waals surface area (Å²) in [5.41, 5.74) is 0. The number of ether oxygens (including phenoxy) is 3. The fraction of sp³-hybridized carbons (Fsp3) is 0.875. The molecule has 37 heavy (non-hydrogen) atoms. The number of unbranched alkanes of at least 4 members (excludes halogenated alkanes) is 10. The number of halogens is 2. The highest BCUT2D eigenvalue weighted by Gasteiger charge is 2.11. The van der Waals surface area contributed by atoms with Gasteiger partial charge in [0.2, 0.25) is 0 Å². The van der Waals surface area contributed by atoms with Gasteiger partial charge in [0.05, 0.1) is 12.2 Å². The molecule has 0 rings (SSSR count). The van der Waals surface area contributed by atoms with Crippen LogP contribution in [-0.4, -0.2) is 36.5 Å². The van der Waals surface area contributed by atoms with Gasteiger partial charge in [-0.1, -0.05) is 147 Å². The predicted molar refractivity (Wildman–Crippen MR) is 170 cm³/mol. The van der Waals surface area contributed by atoms with Crippen molar-refractivity contribution in [1.29, 1.82) is 0 Å². The topological polar surface area (TPSA) is 27.7 Å². The van der Waals surface area contributed by atoms with E-state index in [-0.39, 0.29) is 12.2 Å². The van der Waals surface area contributed by atoms with Gasteiger partial charge in [-0.05, 0) is 51.4 Å². The third-order valence-corrected chi connectivity index (χ3v) is 7.64. The Morgan fingerprint density at radius 3 is 1.27 bits per heavy atom. The zero-order chi connectivity index (χ0) is 27.1. The van der Waals surface area contributed by atoms with E-state index in [1.54, 1.807) is 0 Å². The van der Waals surface area contributed by atoms with E-state index in [4.69, 9.17) is 14.2 Å². The molecule has 0 spiro atoms. The normalized spacial score (nSPS) is 13.7. The molecular formula is C32H60Br2O3. The zero-order valence-electron chi connectivity index (χ0n) is 24.4. The molecule has 0 saturated carbocycles. The molecule has 0 amide bonds. The maximum Gasteiger partial charge on any atom is 0.149 e. The van der Waals surface area contributed by atoms with E-state index < -0.39 is 0 Å². The van der Waals surface area contributed by atoms with Crippen LogP contribution in [0.2, 0.25) is 0 Å². The second kappa shape index (κ2) is 32.5. The van der Waals surface area contributed by atoms with Gasteiger partial charge in [0.1, 0.15) is 13.6 Å². The largest absolute Gasteiger partial charge is 0.352 e. The third kappa shape index (κ3) is 29.1. The van der Waals surface area contributed by atoms with Gasteiger partial charge >= 0.3 is 0 Å². The number of hydrogen-bond acceptors (Lipinski definition) is 3. The van der Waals surface area contributed by atoms with Crippen molar-refractivity contribution in [3.05, 3.63) is 24.3 Å². The minimum absolute atomic E-state index is 0.276. The van der Waals surface area contributed by atoms with E-state index in [1.807, 2.05) is 0 Å². The zero-order valence-corrected chi connectivity index (χ0v) is 27.6. The molecule has 0 aromatic rings. The van der Waals surface area contributed by atoms with Crippen LogP contribution in [0.1, 0.15) is 142 Å². The first-order valence-corrected chi connectivity index (χ1v) is 17.8. The molecule has 0 N–H and O–H groups in total. The second-order valence-corrected chi connectivity index (χ2v) is 11.8. The van der Waals surface area contributed by atoms with Crippen molar-refractivity contribution in [2.75, 3.05) is 24.2 Å². The lowest BCUT2D eigenvalue weighted by Gasteiger charge is -2.20. The van der Waals surface area contributed by atoms with Crippen LogP contribution in [0.4, 0.5) is 0 Å². The molecule has 2 unspecified atom stereocenters. The van der Waals surface area contributed by atoms with Gasteiger partial charge in [-0.2, -0.15) is 0 Å². The average molecular weight is 653 g/mol. The molecule has 3 nitrogen and oxygen atoms in total. The molecule has 0 aliphatic carbocycles. The van der Waals surface area contributed by atoms with Gasteiger partial charge in [-0.3, -0.25) is 0 Å². The van der Waals surface area contributed by atoms with Gasteiger partial charge in [0, 0.05) is 10.7 Å². The molecule has 0 fully saturated rings.